The van der Waals surface area contributed by atoms with E-state index in [1.54, 1.807) is 30.5 Å². The van der Waals surface area contributed by atoms with Crippen LogP contribution in [0.4, 0.5) is 0 Å². The lowest BCUT2D eigenvalue weighted by molar-refractivity contribution is 0.111. The molecule has 1 saturated heterocycles. The van der Waals surface area contributed by atoms with E-state index in [9.17, 15) is 9.90 Å². The van der Waals surface area contributed by atoms with Crippen molar-refractivity contribution in [2.24, 2.45) is 0 Å². The predicted octanol–water partition coefficient (Wildman–Crippen LogP) is 2.16. The van der Waals surface area contributed by atoms with E-state index in [4.69, 9.17) is 4.74 Å². The molecule has 116 valence electrons. The van der Waals surface area contributed by atoms with Crippen LogP contribution in [0, 0.1) is 0 Å². The van der Waals surface area contributed by atoms with Crippen molar-refractivity contribution in [3.05, 3.63) is 59.4 Å². The van der Waals surface area contributed by atoms with Crippen LogP contribution in [0.1, 0.15) is 28.0 Å². The first kappa shape index (κ1) is 14.0. The van der Waals surface area contributed by atoms with Crippen LogP contribution in [0.5, 0.6) is 11.5 Å². The zero-order chi connectivity index (χ0) is 15.9. The number of aromatic nitrogens is 1. The van der Waals surface area contributed by atoms with E-state index >= 15 is 0 Å². The standard InChI is InChI=1S/C18H16N2O3/c21-10-13-2-1-12(9-20-13)16-8-18(5-6-19-11-18)23-17-4-3-14(22)7-15(16)17/h1-4,7-10,19,22H,5-6,11H2. The second-order valence-corrected chi connectivity index (χ2v) is 5.92. The molecule has 0 amide bonds. The molecular weight excluding hydrogens is 292 g/mol. The number of phenols is 1. The largest absolute Gasteiger partial charge is 0.508 e. The van der Waals surface area contributed by atoms with Crippen LogP contribution in [0.3, 0.4) is 0 Å². The van der Waals surface area contributed by atoms with Gasteiger partial charge >= 0.3 is 0 Å². The third-order valence-corrected chi connectivity index (χ3v) is 4.34. The molecule has 1 aromatic heterocycles. The molecule has 0 bridgehead atoms. The van der Waals surface area contributed by atoms with Crippen LogP contribution in [0.2, 0.25) is 0 Å². The normalized spacial score (nSPS) is 22.3. The summed E-state index contributed by atoms with van der Waals surface area (Å²) in [5.74, 6) is 0.944. The van der Waals surface area contributed by atoms with Crippen molar-refractivity contribution in [3.8, 4) is 11.5 Å². The molecule has 2 aliphatic rings. The van der Waals surface area contributed by atoms with E-state index in [0.717, 1.165) is 48.2 Å². The lowest BCUT2D eigenvalue weighted by Crippen LogP contribution is -2.38. The number of pyridine rings is 1. The van der Waals surface area contributed by atoms with Gasteiger partial charge in [-0.3, -0.25) is 9.78 Å². The molecule has 5 heteroatoms. The molecule has 5 nitrogen and oxygen atoms in total. The van der Waals surface area contributed by atoms with Crippen molar-refractivity contribution in [2.45, 2.75) is 12.0 Å². The van der Waals surface area contributed by atoms with Gasteiger partial charge in [-0.2, -0.15) is 0 Å². The average molecular weight is 308 g/mol. The Morgan fingerprint density at radius 3 is 2.91 bits per heavy atom. The molecule has 23 heavy (non-hydrogen) atoms. The smallest absolute Gasteiger partial charge is 0.168 e. The first-order chi connectivity index (χ1) is 11.2. The summed E-state index contributed by atoms with van der Waals surface area (Å²) >= 11 is 0. The molecule has 3 heterocycles. The Labute approximate surface area is 133 Å². The first-order valence-electron chi connectivity index (χ1n) is 7.57. The van der Waals surface area contributed by atoms with Crippen molar-refractivity contribution in [2.75, 3.05) is 13.1 Å². The van der Waals surface area contributed by atoms with Crippen LogP contribution in [-0.2, 0) is 0 Å². The average Bonchev–Trinajstić information content (AvgIpc) is 3.02. The van der Waals surface area contributed by atoms with E-state index in [1.807, 2.05) is 6.07 Å². The SMILES string of the molecule is O=Cc1ccc(C2=CC3(CCNC3)Oc3ccc(O)cc32)cn1. The van der Waals surface area contributed by atoms with Gasteiger partial charge < -0.3 is 15.2 Å². The highest BCUT2D eigenvalue weighted by Crippen LogP contribution is 2.42. The lowest BCUT2D eigenvalue weighted by Gasteiger charge is -2.33. The Kier molecular flexibility index (Phi) is 3.16. The molecule has 2 aromatic rings. The molecule has 4 rings (SSSR count). The number of hydrogen-bond acceptors (Lipinski definition) is 5. The van der Waals surface area contributed by atoms with E-state index < -0.39 is 0 Å². The van der Waals surface area contributed by atoms with Gasteiger partial charge in [0.05, 0.1) is 0 Å². The van der Waals surface area contributed by atoms with Crippen LogP contribution in [0.15, 0.2) is 42.6 Å². The van der Waals surface area contributed by atoms with E-state index in [0.29, 0.717) is 5.69 Å². The monoisotopic (exact) mass is 308 g/mol. The zero-order valence-electron chi connectivity index (χ0n) is 12.5. The summed E-state index contributed by atoms with van der Waals surface area (Å²) in [4.78, 5) is 15.0. The second-order valence-electron chi connectivity index (χ2n) is 5.92. The van der Waals surface area contributed by atoms with Gasteiger partial charge in [-0.25, -0.2) is 0 Å². The third kappa shape index (κ3) is 2.39. The number of fused-ring (bicyclic) bond motifs is 1. The Bertz CT molecular complexity index is 790. The van der Waals surface area contributed by atoms with Gasteiger partial charge in [-0.1, -0.05) is 6.07 Å². The van der Waals surface area contributed by atoms with Crippen LogP contribution < -0.4 is 10.1 Å². The number of carbonyl (C=O) groups excluding carboxylic acids is 1. The van der Waals surface area contributed by atoms with E-state index in [1.165, 1.54) is 0 Å². The number of rotatable bonds is 2. The van der Waals surface area contributed by atoms with Crippen LogP contribution in [-0.4, -0.2) is 35.1 Å². The Morgan fingerprint density at radius 2 is 2.22 bits per heavy atom. The summed E-state index contributed by atoms with van der Waals surface area (Å²) < 4.78 is 6.21. The van der Waals surface area contributed by atoms with E-state index in [-0.39, 0.29) is 11.4 Å². The maximum Gasteiger partial charge on any atom is 0.168 e. The zero-order valence-corrected chi connectivity index (χ0v) is 12.5. The number of carbonyl (C=O) groups is 1. The Hall–Kier alpha value is -2.66. The Morgan fingerprint density at radius 1 is 1.30 bits per heavy atom. The minimum atomic E-state index is -0.372. The first-order valence-corrected chi connectivity index (χ1v) is 7.57. The minimum absolute atomic E-state index is 0.191. The van der Waals surface area contributed by atoms with Gasteiger partial charge in [-0.15, -0.1) is 0 Å². The molecule has 2 aliphatic heterocycles. The minimum Gasteiger partial charge on any atom is -0.508 e. The molecule has 0 radical (unpaired) electrons. The highest BCUT2D eigenvalue weighted by Gasteiger charge is 2.38. The van der Waals surface area contributed by atoms with Gasteiger partial charge in [0, 0.05) is 30.3 Å². The number of nitrogens with one attached hydrogen (secondary N) is 1. The molecule has 1 fully saturated rings. The topological polar surface area (TPSA) is 71.5 Å². The summed E-state index contributed by atoms with van der Waals surface area (Å²) in [6.45, 7) is 1.65. The quantitative estimate of drug-likeness (QED) is 0.832. The number of phenolic OH excluding ortho intramolecular Hbond substituents is 1. The summed E-state index contributed by atoms with van der Waals surface area (Å²) in [7, 11) is 0. The molecular formula is C18H16N2O3. The maximum atomic E-state index is 10.8. The molecule has 2 N–H and O–H groups in total. The van der Waals surface area contributed by atoms with Gasteiger partial charge in [-0.05, 0) is 42.5 Å². The molecule has 1 atom stereocenters. The van der Waals surface area contributed by atoms with Crippen LogP contribution in [0.25, 0.3) is 5.57 Å². The van der Waals surface area contributed by atoms with Gasteiger partial charge in [0.2, 0.25) is 0 Å². The Balaban J connectivity index is 1.87. The number of aromatic hydroxyl groups is 1. The fraction of sp³-hybridized carbons (Fsp3) is 0.222. The number of nitrogens with zero attached hydrogens (tertiary/aromatic N) is 1. The number of ether oxygens (including phenoxy) is 1. The second kappa shape index (κ2) is 5.21. The molecule has 0 saturated carbocycles. The van der Waals surface area contributed by atoms with Crippen molar-refractivity contribution < 1.29 is 14.6 Å². The van der Waals surface area contributed by atoms with Crippen LogP contribution >= 0.6 is 0 Å². The predicted molar refractivity (Wildman–Crippen MR) is 85.7 cm³/mol. The fourth-order valence-corrected chi connectivity index (χ4v) is 3.18. The third-order valence-electron chi connectivity index (χ3n) is 4.34. The number of hydrogen-bond donors (Lipinski definition) is 2. The lowest BCUT2D eigenvalue weighted by atomic mass is 9.88. The highest BCUT2D eigenvalue weighted by atomic mass is 16.5. The van der Waals surface area contributed by atoms with Gasteiger partial charge in [0.25, 0.3) is 0 Å². The summed E-state index contributed by atoms with van der Waals surface area (Å²) in [6.07, 6.45) is 5.40. The molecule has 1 unspecified atom stereocenters. The molecule has 1 aromatic carbocycles. The molecule has 1 spiro atoms. The highest BCUT2D eigenvalue weighted by molar-refractivity contribution is 5.85. The fourth-order valence-electron chi connectivity index (χ4n) is 3.18. The summed E-state index contributed by atoms with van der Waals surface area (Å²) in [5, 5.41) is 13.2. The van der Waals surface area contributed by atoms with Crippen molar-refractivity contribution in [1.82, 2.24) is 10.3 Å². The summed E-state index contributed by atoms with van der Waals surface area (Å²) in [5.41, 5.74) is 2.73. The van der Waals surface area contributed by atoms with Crippen molar-refractivity contribution in [3.63, 3.8) is 0 Å². The van der Waals surface area contributed by atoms with Gasteiger partial charge in [0.15, 0.2) is 6.29 Å². The van der Waals surface area contributed by atoms with E-state index in [2.05, 4.69) is 16.4 Å². The van der Waals surface area contributed by atoms with Crippen molar-refractivity contribution >= 4 is 11.9 Å². The number of benzene rings is 1. The van der Waals surface area contributed by atoms with Gasteiger partial charge in [0.1, 0.15) is 22.8 Å². The number of aldehydes is 1. The molecule has 0 aliphatic carbocycles. The summed E-state index contributed by atoms with van der Waals surface area (Å²) in [6, 6.07) is 8.69. The maximum absolute atomic E-state index is 10.8. The van der Waals surface area contributed by atoms with Crippen molar-refractivity contribution in [1.29, 1.82) is 0 Å².